The van der Waals surface area contributed by atoms with Gasteiger partial charge in [-0.25, -0.2) is 5.43 Å². The number of carbonyl (C=O) groups is 1. The van der Waals surface area contributed by atoms with Gasteiger partial charge < -0.3 is 4.74 Å². The molecule has 1 N–H and O–H groups in total. The highest BCUT2D eigenvalue weighted by Gasteiger charge is 2.13. The van der Waals surface area contributed by atoms with E-state index in [1.165, 1.54) is 11.1 Å². The second-order valence-electron chi connectivity index (χ2n) is 5.58. The van der Waals surface area contributed by atoms with Crippen LogP contribution < -0.4 is 10.2 Å². The van der Waals surface area contributed by atoms with Crippen molar-refractivity contribution in [3.63, 3.8) is 0 Å². The van der Waals surface area contributed by atoms with Crippen molar-refractivity contribution in [2.24, 2.45) is 5.10 Å². The van der Waals surface area contributed by atoms with Crippen LogP contribution in [0.4, 0.5) is 0 Å². The third-order valence-electron chi connectivity index (χ3n) is 3.89. The van der Waals surface area contributed by atoms with Crippen LogP contribution in [0.25, 0.3) is 0 Å². The average Bonchev–Trinajstić information content (AvgIpc) is 2.65. The first kappa shape index (κ1) is 15.8. The standard InChI is InChI=1S/C19H17N3O2/c20-12-14-5-9-18(10-6-14)24-13-19(23)22-21-17-8-7-15-3-1-2-4-16(15)11-17/h1-6,9-10H,7-8,11,13H2,(H,22,23)/b21-17+. The van der Waals surface area contributed by atoms with Crippen LogP contribution in [-0.4, -0.2) is 18.2 Å². The maximum Gasteiger partial charge on any atom is 0.277 e. The fraction of sp³-hybridized carbons (Fsp3) is 0.211. The number of benzene rings is 2. The lowest BCUT2D eigenvalue weighted by Gasteiger charge is -2.17. The zero-order valence-electron chi connectivity index (χ0n) is 13.2. The van der Waals surface area contributed by atoms with Gasteiger partial charge in [0.25, 0.3) is 5.91 Å². The molecule has 2 aromatic rings. The third kappa shape index (κ3) is 3.99. The lowest BCUT2D eigenvalue weighted by atomic mass is 9.90. The minimum absolute atomic E-state index is 0.112. The molecule has 0 unspecified atom stereocenters. The van der Waals surface area contributed by atoms with E-state index in [2.05, 4.69) is 22.7 Å². The first-order valence-corrected chi connectivity index (χ1v) is 7.78. The molecule has 3 rings (SSSR count). The first-order valence-electron chi connectivity index (χ1n) is 7.78. The number of nitriles is 1. The van der Waals surface area contributed by atoms with Gasteiger partial charge >= 0.3 is 0 Å². The smallest absolute Gasteiger partial charge is 0.277 e. The molecule has 1 aliphatic rings. The number of rotatable bonds is 4. The molecule has 0 aromatic heterocycles. The number of amides is 1. The number of fused-ring (bicyclic) bond motifs is 1. The summed E-state index contributed by atoms with van der Waals surface area (Å²) in [6, 6.07) is 16.9. The lowest BCUT2D eigenvalue weighted by Crippen LogP contribution is -2.27. The van der Waals surface area contributed by atoms with Crippen molar-refractivity contribution < 1.29 is 9.53 Å². The Hall–Kier alpha value is -3.13. The van der Waals surface area contributed by atoms with E-state index < -0.39 is 0 Å². The molecule has 0 saturated carbocycles. The number of nitrogens with one attached hydrogen (secondary N) is 1. The Bertz CT molecular complexity index is 804. The van der Waals surface area contributed by atoms with Crippen molar-refractivity contribution >= 4 is 11.6 Å². The lowest BCUT2D eigenvalue weighted by molar-refractivity contribution is -0.123. The highest BCUT2D eigenvalue weighted by molar-refractivity contribution is 5.90. The van der Waals surface area contributed by atoms with Gasteiger partial charge in [-0.1, -0.05) is 24.3 Å². The molecule has 1 aliphatic carbocycles. The van der Waals surface area contributed by atoms with Gasteiger partial charge in [-0.3, -0.25) is 4.79 Å². The predicted octanol–water partition coefficient (Wildman–Crippen LogP) is 2.60. The van der Waals surface area contributed by atoms with Crippen LogP contribution in [0.15, 0.2) is 53.6 Å². The molecule has 1 amide bonds. The van der Waals surface area contributed by atoms with Crippen molar-refractivity contribution in [2.45, 2.75) is 19.3 Å². The highest BCUT2D eigenvalue weighted by Crippen LogP contribution is 2.19. The molecule has 0 heterocycles. The zero-order valence-corrected chi connectivity index (χ0v) is 13.2. The molecule has 2 aromatic carbocycles. The summed E-state index contributed by atoms with van der Waals surface area (Å²) in [4.78, 5) is 11.8. The van der Waals surface area contributed by atoms with Crippen LogP contribution >= 0.6 is 0 Å². The zero-order chi connectivity index (χ0) is 16.8. The Labute approximate surface area is 140 Å². The molecule has 0 bridgehead atoms. The molecule has 0 spiro atoms. The van der Waals surface area contributed by atoms with E-state index in [0.717, 1.165) is 25.0 Å². The minimum atomic E-state index is -0.300. The summed E-state index contributed by atoms with van der Waals surface area (Å²) in [5, 5.41) is 12.9. The fourth-order valence-corrected chi connectivity index (χ4v) is 2.60. The number of aryl methyl sites for hydroxylation is 1. The van der Waals surface area contributed by atoms with Crippen LogP contribution in [0.3, 0.4) is 0 Å². The van der Waals surface area contributed by atoms with Gasteiger partial charge in [0.2, 0.25) is 0 Å². The van der Waals surface area contributed by atoms with E-state index >= 15 is 0 Å². The van der Waals surface area contributed by atoms with Gasteiger partial charge in [0.1, 0.15) is 5.75 Å². The van der Waals surface area contributed by atoms with E-state index in [-0.39, 0.29) is 12.5 Å². The number of hydrogen-bond acceptors (Lipinski definition) is 4. The van der Waals surface area contributed by atoms with Crippen LogP contribution in [-0.2, 0) is 17.6 Å². The number of hydrogen-bond donors (Lipinski definition) is 1. The maximum absolute atomic E-state index is 11.8. The number of hydrazone groups is 1. The molecule has 24 heavy (non-hydrogen) atoms. The van der Waals surface area contributed by atoms with Gasteiger partial charge in [-0.15, -0.1) is 0 Å². The predicted molar refractivity (Wildman–Crippen MR) is 90.7 cm³/mol. The summed E-state index contributed by atoms with van der Waals surface area (Å²) in [6.45, 7) is -0.112. The average molecular weight is 319 g/mol. The Morgan fingerprint density at radius 2 is 1.88 bits per heavy atom. The topological polar surface area (TPSA) is 74.5 Å². The minimum Gasteiger partial charge on any atom is -0.484 e. The monoisotopic (exact) mass is 319 g/mol. The van der Waals surface area contributed by atoms with Gasteiger partial charge in [-0.05, 0) is 48.2 Å². The molecule has 0 radical (unpaired) electrons. The van der Waals surface area contributed by atoms with Crippen molar-refractivity contribution in [3.8, 4) is 11.8 Å². The van der Waals surface area contributed by atoms with Gasteiger partial charge in [0, 0.05) is 12.1 Å². The SMILES string of the molecule is N#Cc1ccc(OCC(=O)N/N=C2\CCc3ccccc3C2)cc1. The van der Waals surface area contributed by atoms with Crippen molar-refractivity contribution in [1.82, 2.24) is 5.43 Å². The fourth-order valence-electron chi connectivity index (χ4n) is 2.60. The summed E-state index contributed by atoms with van der Waals surface area (Å²) < 4.78 is 5.37. The Morgan fingerprint density at radius 3 is 2.62 bits per heavy atom. The Balaban J connectivity index is 1.49. The summed E-state index contributed by atoms with van der Waals surface area (Å²) in [5.41, 5.74) is 6.69. The van der Waals surface area contributed by atoms with E-state index in [9.17, 15) is 4.79 Å². The molecule has 0 atom stereocenters. The third-order valence-corrected chi connectivity index (χ3v) is 3.89. The van der Waals surface area contributed by atoms with E-state index in [0.29, 0.717) is 11.3 Å². The Kier molecular flexibility index (Phi) is 4.87. The van der Waals surface area contributed by atoms with Gasteiger partial charge in [0.05, 0.1) is 11.6 Å². The maximum atomic E-state index is 11.8. The van der Waals surface area contributed by atoms with Crippen molar-refractivity contribution in [1.29, 1.82) is 5.26 Å². The molecule has 0 saturated heterocycles. The summed E-state index contributed by atoms with van der Waals surface area (Å²) in [6.07, 6.45) is 2.58. The molecule has 5 heteroatoms. The van der Waals surface area contributed by atoms with Crippen LogP contribution in [0.2, 0.25) is 0 Å². The molecule has 5 nitrogen and oxygen atoms in total. The number of carbonyl (C=O) groups excluding carboxylic acids is 1. The van der Waals surface area contributed by atoms with E-state index in [1.807, 2.05) is 18.2 Å². The summed E-state index contributed by atoms with van der Waals surface area (Å²) in [5.74, 6) is 0.245. The van der Waals surface area contributed by atoms with E-state index in [1.54, 1.807) is 24.3 Å². The Morgan fingerprint density at radius 1 is 1.12 bits per heavy atom. The first-order chi connectivity index (χ1) is 11.7. The quantitative estimate of drug-likeness (QED) is 0.880. The van der Waals surface area contributed by atoms with Crippen LogP contribution in [0.5, 0.6) is 5.75 Å². The van der Waals surface area contributed by atoms with Gasteiger partial charge in [0.15, 0.2) is 6.61 Å². The van der Waals surface area contributed by atoms with Crippen LogP contribution in [0.1, 0.15) is 23.1 Å². The summed E-state index contributed by atoms with van der Waals surface area (Å²) >= 11 is 0. The second kappa shape index (κ2) is 7.42. The second-order valence-corrected chi connectivity index (χ2v) is 5.58. The molecule has 0 fully saturated rings. The molecular formula is C19H17N3O2. The highest BCUT2D eigenvalue weighted by atomic mass is 16.5. The normalized spacial score (nSPS) is 14.5. The number of nitrogens with zero attached hydrogens (tertiary/aromatic N) is 2. The van der Waals surface area contributed by atoms with Crippen molar-refractivity contribution in [2.75, 3.05) is 6.61 Å². The van der Waals surface area contributed by atoms with Crippen LogP contribution in [0, 0.1) is 11.3 Å². The van der Waals surface area contributed by atoms with Crippen molar-refractivity contribution in [3.05, 3.63) is 65.2 Å². The molecule has 120 valence electrons. The van der Waals surface area contributed by atoms with E-state index in [4.69, 9.17) is 10.00 Å². The molecule has 0 aliphatic heterocycles. The largest absolute Gasteiger partial charge is 0.484 e. The van der Waals surface area contributed by atoms with Gasteiger partial charge in [-0.2, -0.15) is 10.4 Å². The molecular weight excluding hydrogens is 302 g/mol. The number of ether oxygens (including phenoxy) is 1. The summed E-state index contributed by atoms with van der Waals surface area (Å²) in [7, 11) is 0.